The van der Waals surface area contributed by atoms with Gasteiger partial charge < -0.3 is 14.8 Å². The number of ether oxygens (including phenoxy) is 2. The number of hydrogen-bond acceptors (Lipinski definition) is 3. The molecular weight excluding hydrogens is 238 g/mol. The SMILES string of the molecule is CCNC1CC(OC(C)c2ccccc2)C1OCC. The summed E-state index contributed by atoms with van der Waals surface area (Å²) >= 11 is 0. The third-order valence-corrected chi connectivity index (χ3v) is 3.72. The van der Waals surface area contributed by atoms with E-state index < -0.39 is 0 Å². The van der Waals surface area contributed by atoms with Gasteiger partial charge in [-0.25, -0.2) is 0 Å². The molecule has 1 saturated carbocycles. The van der Waals surface area contributed by atoms with Crippen molar-refractivity contribution in [1.29, 1.82) is 0 Å². The van der Waals surface area contributed by atoms with E-state index in [1.54, 1.807) is 0 Å². The number of likely N-dealkylation sites (N-methyl/N-ethyl adjacent to an activating group) is 1. The second kappa shape index (κ2) is 7.04. The zero-order valence-electron chi connectivity index (χ0n) is 12.1. The van der Waals surface area contributed by atoms with Crippen LogP contribution in [-0.2, 0) is 9.47 Å². The van der Waals surface area contributed by atoms with Crippen LogP contribution in [0.3, 0.4) is 0 Å². The summed E-state index contributed by atoms with van der Waals surface area (Å²) < 4.78 is 12.0. The van der Waals surface area contributed by atoms with Gasteiger partial charge in [-0.1, -0.05) is 37.3 Å². The molecule has 4 atom stereocenters. The zero-order valence-corrected chi connectivity index (χ0v) is 12.1. The molecule has 1 N–H and O–H groups in total. The van der Waals surface area contributed by atoms with Crippen molar-refractivity contribution in [2.75, 3.05) is 13.2 Å². The van der Waals surface area contributed by atoms with E-state index in [1.807, 2.05) is 13.0 Å². The van der Waals surface area contributed by atoms with Crippen molar-refractivity contribution in [1.82, 2.24) is 5.32 Å². The summed E-state index contributed by atoms with van der Waals surface area (Å²) in [6.45, 7) is 8.00. The number of benzene rings is 1. The summed E-state index contributed by atoms with van der Waals surface area (Å²) in [5, 5.41) is 3.45. The van der Waals surface area contributed by atoms with E-state index in [0.717, 1.165) is 19.6 Å². The van der Waals surface area contributed by atoms with Gasteiger partial charge in [0.25, 0.3) is 0 Å². The monoisotopic (exact) mass is 263 g/mol. The van der Waals surface area contributed by atoms with E-state index in [4.69, 9.17) is 9.47 Å². The summed E-state index contributed by atoms with van der Waals surface area (Å²) in [6.07, 6.45) is 1.56. The highest BCUT2D eigenvalue weighted by Crippen LogP contribution is 2.31. The van der Waals surface area contributed by atoms with Crippen LogP contribution in [0.1, 0.15) is 38.9 Å². The first-order chi connectivity index (χ1) is 9.26. The minimum absolute atomic E-state index is 0.122. The molecule has 0 heterocycles. The van der Waals surface area contributed by atoms with Gasteiger partial charge in [0, 0.05) is 12.6 Å². The van der Waals surface area contributed by atoms with E-state index in [1.165, 1.54) is 5.56 Å². The first-order valence-electron chi connectivity index (χ1n) is 7.31. The Bertz CT molecular complexity index is 368. The van der Waals surface area contributed by atoms with E-state index in [9.17, 15) is 0 Å². The van der Waals surface area contributed by atoms with Gasteiger partial charge >= 0.3 is 0 Å². The molecule has 0 aromatic heterocycles. The van der Waals surface area contributed by atoms with E-state index in [-0.39, 0.29) is 18.3 Å². The topological polar surface area (TPSA) is 30.5 Å². The minimum Gasteiger partial charge on any atom is -0.374 e. The number of nitrogens with one attached hydrogen (secondary N) is 1. The van der Waals surface area contributed by atoms with Crippen LogP contribution in [-0.4, -0.2) is 31.4 Å². The highest BCUT2D eigenvalue weighted by Gasteiger charge is 2.42. The Morgan fingerprint density at radius 3 is 2.63 bits per heavy atom. The minimum atomic E-state index is 0.122. The molecule has 2 rings (SSSR count). The summed E-state index contributed by atoms with van der Waals surface area (Å²) in [5.41, 5.74) is 1.23. The Balaban J connectivity index is 1.89. The van der Waals surface area contributed by atoms with Gasteiger partial charge in [-0.2, -0.15) is 0 Å². The van der Waals surface area contributed by atoms with Gasteiger partial charge in [0.2, 0.25) is 0 Å². The lowest BCUT2D eigenvalue weighted by Gasteiger charge is -2.45. The van der Waals surface area contributed by atoms with Crippen molar-refractivity contribution >= 4 is 0 Å². The van der Waals surface area contributed by atoms with Crippen molar-refractivity contribution < 1.29 is 9.47 Å². The molecule has 0 bridgehead atoms. The lowest BCUT2D eigenvalue weighted by molar-refractivity contribution is -0.164. The standard InChI is InChI=1S/C16H25NO2/c1-4-17-14-11-15(16(14)18-5-2)19-12(3)13-9-7-6-8-10-13/h6-10,12,14-17H,4-5,11H2,1-3H3. The van der Waals surface area contributed by atoms with Crippen LogP contribution < -0.4 is 5.32 Å². The van der Waals surface area contributed by atoms with E-state index in [0.29, 0.717) is 6.04 Å². The summed E-state index contributed by atoms with van der Waals surface area (Å²) in [7, 11) is 0. The van der Waals surface area contributed by atoms with Gasteiger partial charge in [0.05, 0.1) is 18.3 Å². The fourth-order valence-corrected chi connectivity index (χ4v) is 2.66. The van der Waals surface area contributed by atoms with Crippen molar-refractivity contribution in [2.45, 2.75) is 51.5 Å². The van der Waals surface area contributed by atoms with Crippen LogP contribution in [0, 0.1) is 0 Å². The third-order valence-electron chi connectivity index (χ3n) is 3.72. The molecule has 19 heavy (non-hydrogen) atoms. The summed E-state index contributed by atoms with van der Waals surface area (Å²) in [4.78, 5) is 0. The van der Waals surface area contributed by atoms with Crippen LogP contribution >= 0.6 is 0 Å². The lowest BCUT2D eigenvalue weighted by atomic mass is 9.85. The van der Waals surface area contributed by atoms with Crippen LogP contribution in [0.5, 0.6) is 0 Å². The fraction of sp³-hybridized carbons (Fsp3) is 0.625. The van der Waals surface area contributed by atoms with Crippen LogP contribution in [0.15, 0.2) is 30.3 Å². The molecule has 0 amide bonds. The molecule has 1 aliphatic rings. The molecule has 1 aromatic carbocycles. The lowest BCUT2D eigenvalue weighted by Crippen LogP contribution is -2.60. The zero-order chi connectivity index (χ0) is 13.7. The Hall–Kier alpha value is -0.900. The number of rotatable bonds is 7. The molecule has 0 aliphatic heterocycles. The Labute approximate surface area is 116 Å². The van der Waals surface area contributed by atoms with Crippen molar-refractivity contribution in [3.05, 3.63) is 35.9 Å². The van der Waals surface area contributed by atoms with Crippen LogP contribution in [0.25, 0.3) is 0 Å². The normalized spacial score (nSPS) is 27.8. The second-order valence-corrected chi connectivity index (χ2v) is 5.05. The first-order valence-corrected chi connectivity index (χ1v) is 7.31. The van der Waals surface area contributed by atoms with E-state index in [2.05, 4.69) is 43.4 Å². The fourth-order valence-electron chi connectivity index (χ4n) is 2.66. The maximum atomic E-state index is 6.15. The highest BCUT2D eigenvalue weighted by molar-refractivity contribution is 5.17. The van der Waals surface area contributed by atoms with Crippen LogP contribution in [0.2, 0.25) is 0 Å². The van der Waals surface area contributed by atoms with Gasteiger partial charge in [-0.3, -0.25) is 0 Å². The molecule has 0 radical (unpaired) electrons. The van der Waals surface area contributed by atoms with Gasteiger partial charge in [0.1, 0.15) is 0 Å². The molecule has 1 aromatic rings. The number of hydrogen-bond donors (Lipinski definition) is 1. The maximum absolute atomic E-state index is 6.15. The largest absolute Gasteiger partial charge is 0.374 e. The van der Waals surface area contributed by atoms with Crippen molar-refractivity contribution in [3.63, 3.8) is 0 Å². The van der Waals surface area contributed by atoms with Crippen LogP contribution in [0.4, 0.5) is 0 Å². The predicted octanol–water partition coefficient (Wildman–Crippen LogP) is 2.92. The Morgan fingerprint density at radius 2 is 2.00 bits per heavy atom. The molecular formula is C16H25NO2. The van der Waals surface area contributed by atoms with Gasteiger partial charge in [-0.05, 0) is 32.4 Å². The van der Waals surface area contributed by atoms with Gasteiger partial charge in [-0.15, -0.1) is 0 Å². The molecule has 4 unspecified atom stereocenters. The average molecular weight is 263 g/mol. The van der Waals surface area contributed by atoms with Gasteiger partial charge in [0.15, 0.2) is 0 Å². The van der Waals surface area contributed by atoms with Crippen molar-refractivity contribution in [2.24, 2.45) is 0 Å². The quantitative estimate of drug-likeness (QED) is 0.820. The molecule has 1 fully saturated rings. The van der Waals surface area contributed by atoms with E-state index >= 15 is 0 Å². The molecule has 3 nitrogen and oxygen atoms in total. The molecule has 1 aliphatic carbocycles. The summed E-state index contributed by atoms with van der Waals surface area (Å²) in [6, 6.07) is 10.8. The summed E-state index contributed by atoms with van der Waals surface area (Å²) in [5.74, 6) is 0. The third kappa shape index (κ3) is 3.56. The second-order valence-electron chi connectivity index (χ2n) is 5.05. The molecule has 106 valence electrons. The Morgan fingerprint density at radius 1 is 1.26 bits per heavy atom. The smallest absolute Gasteiger partial charge is 0.0990 e. The molecule has 0 spiro atoms. The molecule has 0 saturated heterocycles. The average Bonchev–Trinajstić information content (AvgIpc) is 2.44. The van der Waals surface area contributed by atoms with Crippen molar-refractivity contribution in [3.8, 4) is 0 Å². The first kappa shape index (κ1) is 14.5. The molecule has 3 heteroatoms. The highest BCUT2D eigenvalue weighted by atomic mass is 16.6. The maximum Gasteiger partial charge on any atom is 0.0990 e. The Kier molecular flexibility index (Phi) is 5.37. The predicted molar refractivity (Wildman–Crippen MR) is 77.2 cm³/mol.